The third-order valence-electron chi connectivity index (χ3n) is 4.63. The summed E-state index contributed by atoms with van der Waals surface area (Å²) < 4.78 is 5.65. The average Bonchev–Trinajstić information content (AvgIpc) is 3.15. The van der Waals surface area contributed by atoms with Crippen molar-refractivity contribution in [3.05, 3.63) is 59.0 Å². The van der Waals surface area contributed by atoms with E-state index in [-0.39, 0.29) is 5.91 Å². The highest BCUT2D eigenvalue weighted by Crippen LogP contribution is 2.34. The molecule has 2 aromatic rings. The van der Waals surface area contributed by atoms with Gasteiger partial charge in [-0.2, -0.15) is 0 Å². The number of hydrogen-bond donors (Lipinski definition) is 1. The molecule has 0 radical (unpaired) electrons. The number of β-amino-alcohol motifs (C(OH)–C–C–N with tert-alkyl or cyclic N) is 1. The lowest BCUT2D eigenvalue weighted by Crippen LogP contribution is -2.31. The highest BCUT2D eigenvalue weighted by atomic mass is 16.4. The van der Waals surface area contributed by atoms with E-state index in [0.29, 0.717) is 25.3 Å². The third kappa shape index (κ3) is 3.23. The second kappa shape index (κ2) is 6.42. The first-order valence-corrected chi connectivity index (χ1v) is 8.20. The summed E-state index contributed by atoms with van der Waals surface area (Å²) in [6, 6.07) is 11.5. The first kappa shape index (κ1) is 16.7. The number of nitrogens with zero attached hydrogens (tertiary/aromatic N) is 2. The van der Waals surface area contributed by atoms with Gasteiger partial charge in [-0.1, -0.05) is 24.3 Å². The lowest BCUT2D eigenvalue weighted by Gasteiger charge is -2.25. The fourth-order valence-electron chi connectivity index (χ4n) is 3.34. The summed E-state index contributed by atoms with van der Waals surface area (Å²) >= 11 is 0. The van der Waals surface area contributed by atoms with Gasteiger partial charge in [-0.3, -0.25) is 9.69 Å². The van der Waals surface area contributed by atoms with Crippen LogP contribution in [-0.2, 0) is 12.1 Å². The second-order valence-corrected chi connectivity index (χ2v) is 6.77. The van der Waals surface area contributed by atoms with Crippen molar-refractivity contribution in [3.63, 3.8) is 0 Å². The van der Waals surface area contributed by atoms with Gasteiger partial charge in [0.2, 0.25) is 0 Å². The van der Waals surface area contributed by atoms with Crippen molar-refractivity contribution in [2.75, 3.05) is 27.2 Å². The van der Waals surface area contributed by atoms with Crippen molar-refractivity contribution in [2.45, 2.75) is 25.5 Å². The maximum Gasteiger partial charge on any atom is 0.289 e. The number of amides is 1. The van der Waals surface area contributed by atoms with Crippen LogP contribution in [0.3, 0.4) is 0 Å². The van der Waals surface area contributed by atoms with Gasteiger partial charge in [-0.15, -0.1) is 0 Å². The SMILES string of the molecule is Cc1ccccc1[C@@]1(O)CCN(Cc2ccc(C(=O)N(C)C)o2)C1. The lowest BCUT2D eigenvalue weighted by atomic mass is 9.89. The predicted molar refractivity (Wildman–Crippen MR) is 91.7 cm³/mol. The van der Waals surface area contributed by atoms with Crippen LogP contribution in [0.5, 0.6) is 0 Å². The number of furan rings is 1. The van der Waals surface area contributed by atoms with Crippen LogP contribution < -0.4 is 0 Å². The highest BCUT2D eigenvalue weighted by Gasteiger charge is 2.38. The van der Waals surface area contributed by atoms with Crippen LogP contribution in [0.1, 0.15) is 33.9 Å². The fraction of sp³-hybridized carbons (Fsp3) is 0.421. The number of aliphatic hydroxyl groups is 1. The Labute approximate surface area is 142 Å². The quantitative estimate of drug-likeness (QED) is 0.936. The molecule has 1 N–H and O–H groups in total. The molecule has 2 heterocycles. The predicted octanol–water partition coefficient (Wildman–Crippen LogP) is 2.38. The molecule has 1 aliphatic rings. The smallest absolute Gasteiger partial charge is 0.289 e. The molecule has 0 unspecified atom stereocenters. The molecular weight excluding hydrogens is 304 g/mol. The highest BCUT2D eigenvalue weighted by molar-refractivity contribution is 5.91. The maximum absolute atomic E-state index is 11.9. The summed E-state index contributed by atoms with van der Waals surface area (Å²) in [6.07, 6.45) is 0.696. The number of likely N-dealkylation sites (tertiary alicyclic amines) is 1. The molecule has 1 fully saturated rings. The zero-order chi connectivity index (χ0) is 17.3. The van der Waals surface area contributed by atoms with Gasteiger partial charge in [0, 0.05) is 27.2 Å². The lowest BCUT2D eigenvalue weighted by molar-refractivity contribution is 0.0438. The Balaban J connectivity index is 1.69. The molecule has 0 bridgehead atoms. The van der Waals surface area contributed by atoms with Gasteiger partial charge in [0.25, 0.3) is 5.91 Å². The molecule has 128 valence electrons. The molecule has 0 aliphatic carbocycles. The Bertz CT molecular complexity index is 738. The van der Waals surface area contributed by atoms with Crippen molar-refractivity contribution >= 4 is 5.91 Å². The van der Waals surface area contributed by atoms with E-state index in [1.54, 1.807) is 20.2 Å². The van der Waals surface area contributed by atoms with E-state index in [2.05, 4.69) is 4.90 Å². The van der Waals surface area contributed by atoms with Crippen LogP contribution in [-0.4, -0.2) is 48.0 Å². The molecule has 1 atom stereocenters. The first-order chi connectivity index (χ1) is 11.4. The van der Waals surface area contributed by atoms with Crippen LogP contribution in [0.15, 0.2) is 40.8 Å². The molecule has 1 aliphatic heterocycles. The summed E-state index contributed by atoms with van der Waals surface area (Å²) in [4.78, 5) is 15.6. The topological polar surface area (TPSA) is 56.9 Å². The van der Waals surface area contributed by atoms with Crippen LogP contribution in [0, 0.1) is 6.92 Å². The number of carbonyl (C=O) groups is 1. The zero-order valence-corrected chi connectivity index (χ0v) is 14.5. The van der Waals surface area contributed by atoms with Crippen molar-refractivity contribution in [1.29, 1.82) is 0 Å². The molecule has 1 aromatic heterocycles. The largest absolute Gasteiger partial charge is 0.455 e. The normalized spacial score (nSPS) is 21.2. The molecule has 5 nitrogen and oxygen atoms in total. The minimum atomic E-state index is -0.819. The molecule has 0 saturated carbocycles. The number of benzene rings is 1. The zero-order valence-electron chi connectivity index (χ0n) is 14.5. The van der Waals surface area contributed by atoms with Crippen LogP contribution in [0.25, 0.3) is 0 Å². The minimum absolute atomic E-state index is 0.140. The second-order valence-electron chi connectivity index (χ2n) is 6.77. The van der Waals surface area contributed by atoms with Crippen molar-refractivity contribution in [3.8, 4) is 0 Å². The monoisotopic (exact) mass is 328 g/mol. The minimum Gasteiger partial charge on any atom is -0.455 e. The van der Waals surface area contributed by atoms with Gasteiger partial charge >= 0.3 is 0 Å². The Morgan fingerprint density at radius 1 is 1.29 bits per heavy atom. The maximum atomic E-state index is 11.9. The average molecular weight is 328 g/mol. The molecule has 3 rings (SSSR count). The molecule has 1 aromatic carbocycles. The molecular formula is C19H24N2O3. The van der Waals surface area contributed by atoms with Crippen LogP contribution in [0.4, 0.5) is 0 Å². The van der Waals surface area contributed by atoms with E-state index >= 15 is 0 Å². The van der Waals surface area contributed by atoms with E-state index in [1.807, 2.05) is 37.3 Å². The summed E-state index contributed by atoms with van der Waals surface area (Å²) in [6.45, 7) is 3.98. The van der Waals surface area contributed by atoms with Gasteiger partial charge < -0.3 is 14.4 Å². The molecule has 1 amide bonds. The van der Waals surface area contributed by atoms with E-state index in [9.17, 15) is 9.90 Å². The van der Waals surface area contributed by atoms with E-state index in [0.717, 1.165) is 23.4 Å². The van der Waals surface area contributed by atoms with Crippen molar-refractivity contribution < 1.29 is 14.3 Å². The van der Waals surface area contributed by atoms with E-state index in [1.165, 1.54) is 4.90 Å². The number of carbonyl (C=O) groups excluding carboxylic acids is 1. The first-order valence-electron chi connectivity index (χ1n) is 8.20. The number of hydrogen-bond acceptors (Lipinski definition) is 4. The Kier molecular flexibility index (Phi) is 4.47. The Morgan fingerprint density at radius 2 is 2.04 bits per heavy atom. The van der Waals surface area contributed by atoms with Crippen molar-refractivity contribution in [1.82, 2.24) is 9.80 Å². The summed E-state index contributed by atoms with van der Waals surface area (Å²) in [5.74, 6) is 0.955. The van der Waals surface area contributed by atoms with Gasteiger partial charge in [0.15, 0.2) is 5.76 Å². The van der Waals surface area contributed by atoms with Gasteiger partial charge in [-0.05, 0) is 36.6 Å². The summed E-state index contributed by atoms with van der Waals surface area (Å²) in [7, 11) is 3.40. The Morgan fingerprint density at radius 3 is 2.75 bits per heavy atom. The Hall–Kier alpha value is -2.11. The van der Waals surface area contributed by atoms with Crippen LogP contribution >= 0.6 is 0 Å². The molecule has 1 saturated heterocycles. The third-order valence-corrected chi connectivity index (χ3v) is 4.63. The fourth-order valence-corrected chi connectivity index (χ4v) is 3.34. The van der Waals surface area contributed by atoms with Gasteiger partial charge in [0.05, 0.1) is 6.54 Å². The van der Waals surface area contributed by atoms with Gasteiger partial charge in [-0.25, -0.2) is 0 Å². The van der Waals surface area contributed by atoms with E-state index < -0.39 is 5.60 Å². The molecule has 24 heavy (non-hydrogen) atoms. The summed E-state index contributed by atoms with van der Waals surface area (Å²) in [5.41, 5.74) is 1.29. The standard InChI is InChI=1S/C19H24N2O3/c1-14-6-4-5-7-16(14)19(23)10-11-21(13-19)12-15-8-9-17(24-15)18(22)20(2)3/h4-9,23H,10-13H2,1-3H3/t19-/m1/s1. The van der Waals surface area contributed by atoms with Crippen LogP contribution in [0.2, 0.25) is 0 Å². The van der Waals surface area contributed by atoms with Crippen molar-refractivity contribution in [2.24, 2.45) is 0 Å². The number of rotatable bonds is 4. The van der Waals surface area contributed by atoms with E-state index in [4.69, 9.17) is 4.42 Å². The van der Waals surface area contributed by atoms with Gasteiger partial charge in [0.1, 0.15) is 11.4 Å². The summed E-state index contributed by atoms with van der Waals surface area (Å²) in [5, 5.41) is 11.0. The molecule has 0 spiro atoms. The number of aryl methyl sites for hydroxylation is 1. The molecule has 5 heteroatoms.